The Morgan fingerprint density at radius 1 is 0.909 bits per heavy atom. The molecule has 0 saturated carbocycles. The topological polar surface area (TPSA) is 230 Å². The first-order chi connectivity index (χ1) is 20.5. The van der Waals surface area contributed by atoms with Gasteiger partial charge in [0.15, 0.2) is 0 Å². The smallest absolute Gasteiger partial charge is 0.480 e. The molecule has 0 aromatic heterocycles. The minimum atomic E-state index is -4.57. The molecule has 0 fully saturated rings. The third-order valence-electron chi connectivity index (χ3n) is 5.94. The Balaban J connectivity index is 2.86. The van der Waals surface area contributed by atoms with Gasteiger partial charge in [0, 0.05) is 20.4 Å². The van der Waals surface area contributed by atoms with Gasteiger partial charge in [-0.15, -0.1) is 0 Å². The molecule has 0 radical (unpaired) electrons. The Labute approximate surface area is 256 Å². The Hall–Kier alpha value is -3.97. The molecule has 3 atom stereocenters. The largest absolute Gasteiger partial charge is 0.651 e. The summed E-state index contributed by atoms with van der Waals surface area (Å²) < 4.78 is 26.7. The summed E-state index contributed by atoms with van der Waals surface area (Å²) in [7, 11) is -4.57. The van der Waals surface area contributed by atoms with Crippen molar-refractivity contribution in [1.29, 1.82) is 0 Å². The molecule has 0 bridgehead atoms. The number of carbonyl (C=O) groups is 6. The maximum Gasteiger partial charge on any atom is 0.651 e. The molecule has 0 aliphatic rings. The number of phosphoric acid groups is 1. The fraction of sp³-hybridized carbons (Fsp3) is 0.571. The zero-order chi connectivity index (χ0) is 33.4. The first kappa shape index (κ1) is 38.1. The lowest BCUT2D eigenvalue weighted by atomic mass is 10.0. The van der Waals surface area contributed by atoms with Gasteiger partial charge >= 0.3 is 25.7 Å². The summed E-state index contributed by atoms with van der Waals surface area (Å²) >= 11 is 0. The lowest BCUT2D eigenvalue weighted by Gasteiger charge is -2.23. The molecule has 1 aromatic carbocycles. The number of benzene rings is 1. The van der Waals surface area contributed by atoms with Gasteiger partial charge in [-0.25, -0.2) is 4.79 Å². The second-order valence-corrected chi connectivity index (χ2v) is 11.9. The molecule has 0 aliphatic carbocycles. The van der Waals surface area contributed by atoms with Gasteiger partial charge in [0.1, 0.15) is 17.8 Å². The van der Waals surface area contributed by atoms with E-state index in [9.17, 15) is 38.4 Å². The van der Waals surface area contributed by atoms with E-state index in [0.717, 1.165) is 13.8 Å². The van der Waals surface area contributed by atoms with Crippen molar-refractivity contribution in [3.05, 3.63) is 29.8 Å². The minimum Gasteiger partial charge on any atom is -0.480 e. The van der Waals surface area contributed by atoms with Crippen LogP contribution in [0.1, 0.15) is 72.3 Å². The Kier molecular flexibility index (Phi) is 16.1. The van der Waals surface area contributed by atoms with Gasteiger partial charge in [-0.1, -0.05) is 45.7 Å². The maximum atomic E-state index is 13.0. The van der Waals surface area contributed by atoms with Crippen LogP contribution in [0, 0.1) is 5.92 Å². The molecule has 15 nitrogen and oxygen atoms in total. The van der Waals surface area contributed by atoms with E-state index < -0.39 is 68.0 Å². The number of nitrogens with two attached hydrogens (primary N) is 1. The summed E-state index contributed by atoms with van der Waals surface area (Å²) in [4.78, 5) is 72.3. The highest BCUT2D eigenvalue weighted by atomic mass is 31.2. The molecular formula is C28H43N4O11P. The molecule has 1 aromatic rings. The first-order valence-electron chi connectivity index (χ1n) is 14.2. The van der Waals surface area contributed by atoms with E-state index >= 15 is 0 Å². The first-order valence-corrected chi connectivity index (χ1v) is 15.7. The van der Waals surface area contributed by atoms with Crippen molar-refractivity contribution < 1.29 is 52.0 Å². The van der Waals surface area contributed by atoms with Crippen molar-refractivity contribution in [2.45, 2.75) is 91.3 Å². The fourth-order valence-corrected chi connectivity index (χ4v) is 4.84. The number of hydrogen-bond donors (Lipinski definition) is 5. The van der Waals surface area contributed by atoms with Crippen LogP contribution in [0.3, 0.4) is 0 Å². The van der Waals surface area contributed by atoms with Crippen molar-refractivity contribution >= 4 is 43.5 Å². The SMILES string of the molecule is CCCCC(NC(=O)C(N)Cc1ccc(OP(=O)(OC(C)=O)OC(C)=O)cc1)C(=O)NC(CC(=O)NCCC(C)C)C(=O)O. The number of phosphoric ester groups is 1. The number of unbranched alkanes of at least 4 members (excludes halogenated alkanes) is 1. The average Bonchev–Trinajstić information content (AvgIpc) is 2.90. The lowest BCUT2D eigenvalue weighted by Crippen LogP contribution is -2.55. The third kappa shape index (κ3) is 15.0. The number of aliphatic carboxylic acids is 1. The Bertz CT molecular complexity index is 1190. The van der Waals surface area contributed by atoms with Gasteiger partial charge in [0.2, 0.25) is 17.7 Å². The van der Waals surface area contributed by atoms with E-state index in [0.29, 0.717) is 37.3 Å². The lowest BCUT2D eigenvalue weighted by molar-refractivity contribution is -0.144. The molecule has 6 N–H and O–H groups in total. The average molecular weight is 643 g/mol. The Morgan fingerprint density at radius 3 is 1.98 bits per heavy atom. The number of carboxylic acid groups (broad SMARTS) is 1. The molecule has 246 valence electrons. The van der Waals surface area contributed by atoms with E-state index in [1.165, 1.54) is 24.3 Å². The van der Waals surface area contributed by atoms with E-state index in [1.807, 2.05) is 20.8 Å². The number of hydrogen-bond acceptors (Lipinski definition) is 11. The van der Waals surface area contributed by atoms with E-state index in [4.69, 9.17) is 10.3 Å². The molecule has 3 amide bonds. The van der Waals surface area contributed by atoms with E-state index in [2.05, 4.69) is 25.0 Å². The van der Waals surface area contributed by atoms with Crippen molar-refractivity contribution in [3.63, 3.8) is 0 Å². The zero-order valence-electron chi connectivity index (χ0n) is 25.6. The number of carboxylic acids is 1. The second-order valence-electron chi connectivity index (χ2n) is 10.5. The molecule has 1 rings (SSSR count). The minimum absolute atomic E-state index is 0.00802. The highest BCUT2D eigenvalue weighted by molar-refractivity contribution is 7.50. The predicted octanol–water partition coefficient (Wildman–Crippen LogP) is 1.97. The summed E-state index contributed by atoms with van der Waals surface area (Å²) in [6.45, 7) is 8.15. The van der Waals surface area contributed by atoms with Crippen LogP contribution >= 0.6 is 7.82 Å². The molecular weight excluding hydrogens is 599 g/mol. The summed E-state index contributed by atoms with van der Waals surface area (Å²) in [5, 5.41) is 17.1. The number of amides is 3. The summed E-state index contributed by atoms with van der Waals surface area (Å²) in [5.74, 6) is -5.03. The molecule has 0 aliphatic heterocycles. The number of rotatable bonds is 19. The quantitative estimate of drug-likeness (QED) is 0.136. The van der Waals surface area contributed by atoms with Gasteiger partial charge in [0.25, 0.3) is 0 Å². The molecule has 3 unspecified atom stereocenters. The summed E-state index contributed by atoms with van der Waals surface area (Å²) in [5.41, 5.74) is 6.62. The van der Waals surface area contributed by atoms with Crippen LogP contribution in [0.25, 0.3) is 0 Å². The number of nitrogens with one attached hydrogen (secondary N) is 3. The van der Waals surface area contributed by atoms with Crippen molar-refractivity contribution in [3.8, 4) is 5.75 Å². The van der Waals surface area contributed by atoms with Crippen LogP contribution in [-0.2, 0) is 48.8 Å². The molecule has 0 spiro atoms. The molecule has 0 saturated heterocycles. The van der Waals surface area contributed by atoms with E-state index in [1.54, 1.807) is 0 Å². The summed E-state index contributed by atoms with van der Waals surface area (Å²) in [6.07, 6.45) is 1.71. The molecule has 16 heteroatoms. The molecule has 44 heavy (non-hydrogen) atoms. The highest BCUT2D eigenvalue weighted by Crippen LogP contribution is 2.49. The summed E-state index contributed by atoms with van der Waals surface area (Å²) in [6, 6.07) is 1.94. The van der Waals surface area contributed by atoms with Gasteiger partial charge in [-0.3, -0.25) is 24.0 Å². The van der Waals surface area contributed by atoms with Crippen LogP contribution in [-0.4, -0.2) is 65.4 Å². The van der Waals surface area contributed by atoms with Crippen molar-refractivity contribution in [2.24, 2.45) is 11.7 Å². The predicted molar refractivity (Wildman–Crippen MR) is 158 cm³/mol. The zero-order valence-corrected chi connectivity index (χ0v) is 26.5. The van der Waals surface area contributed by atoms with Crippen LogP contribution < -0.4 is 26.2 Å². The normalized spacial score (nSPS) is 13.2. The van der Waals surface area contributed by atoms with Gasteiger partial charge in [-0.2, -0.15) is 4.57 Å². The van der Waals surface area contributed by atoms with Gasteiger partial charge in [0.05, 0.1) is 12.5 Å². The third-order valence-corrected chi connectivity index (χ3v) is 7.34. The van der Waals surface area contributed by atoms with Crippen molar-refractivity contribution in [2.75, 3.05) is 6.54 Å². The van der Waals surface area contributed by atoms with Gasteiger partial charge < -0.3 is 40.4 Å². The van der Waals surface area contributed by atoms with Crippen LogP contribution in [0.5, 0.6) is 5.75 Å². The highest BCUT2D eigenvalue weighted by Gasteiger charge is 2.35. The van der Waals surface area contributed by atoms with Gasteiger partial charge in [-0.05, 0) is 42.9 Å². The monoisotopic (exact) mass is 642 g/mol. The fourth-order valence-electron chi connectivity index (χ4n) is 3.72. The second kappa shape index (κ2) is 18.6. The Morgan fingerprint density at radius 2 is 1.48 bits per heavy atom. The van der Waals surface area contributed by atoms with Crippen molar-refractivity contribution in [1.82, 2.24) is 16.0 Å². The van der Waals surface area contributed by atoms with Crippen LogP contribution in [0.4, 0.5) is 0 Å². The maximum absolute atomic E-state index is 13.0. The van der Waals surface area contributed by atoms with Crippen LogP contribution in [0.2, 0.25) is 0 Å². The van der Waals surface area contributed by atoms with E-state index in [-0.39, 0.29) is 18.6 Å². The van der Waals surface area contributed by atoms with Crippen LogP contribution in [0.15, 0.2) is 24.3 Å². The molecule has 0 heterocycles. The standard InChI is InChI=1S/C28H43N4O11P/c1-6-7-8-23(27(37)32-24(28(38)39)16-25(35)30-14-13-17(2)3)31-26(36)22(29)15-20-9-11-21(12-10-20)43-44(40,41-18(4)33)42-19(5)34/h9-12,17,22-24H,6-8,13-16,29H2,1-5H3,(H,30,35)(H,31,36)(H,32,37)(H,38,39). The number of carbonyl (C=O) groups excluding carboxylic acids is 5.